The topological polar surface area (TPSA) is 40.5 Å². The summed E-state index contributed by atoms with van der Waals surface area (Å²) >= 11 is 7.95. The Labute approximate surface area is 112 Å². The highest BCUT2D eigenvalue weighted by molar-refractivity contribution is 7.99. The van der Waals surface area contributed by atoms with E-state index in [2.05, 4.69) is 6.92 Å². The monoisotopic (exact) mass is 274 g/mol. The molecule has 0 radical (unpaired) electrons. The molecule has 4 heteroatoms. The van der Waals surface area contributed by atoms with Crippen LogP contribution in [0.15, 0.2) is 24.3 Å². The average molecular weight is 275 g/mol. The molecule has 0 spiro atoms. The zero-order valence-electron chi connectivity index (χ0n) is 10.0. The average Bonchev–Trinajstić information content (AvgIpc) is 2.36. The van der Waals surface area contributed by atoms with E-state index in [9.17, 15) is 10.2 Å². The van der Waals surface area contributed by atoms with E-state index < -0.39 is 5.41 Å². The summed E-state index contributed by atoms with van der Waals surface area (Å²) in [5.74, 6) is 1.94. The van der Waals surface area contributed by atoms with Crippen molar-refractivity contribution in [1.29, 1.82) is 0 Å². The van der Waals surface area contributed by atoms with E-state index in [1.165, 1.54) is 0 Å². The van der Waals surface area contributed by atoms with Gasteiger partial charge in [-0.1, -0.05) is 36.7 Å². The van der Waals surface area contributed by atoms with E-state index in [4.69, 9.17) is 11.6 Å². The van der Waals surface area contributed by atoms with E-state index in [1.54, 1.807) is 17.8 Å². The van der Waals surface area contributed by atoms with Crippen LogP contribution in [0.1, 0.15) is 18.9 Å². The van der Waals surface area contributed by atoms with Crippen molar-refractivity contribution < 1.29 is 10.2 Å². The fraction of sp³-hybridized carbons (Fsp3) is 0.538. The molecule has 0 aromatic heterocycles. The number of aliphatic hydroxyl groups excluding tert-OH is 2. The SMILES string of the molecule is CCSCCC(CO)(CO)c1ccccc1Cl. The Hall–Kier alpha value is -0.220. The minimum absolute atomic E-state index is 0.0858. The summed E-state index contributed by atoms with van der Waals surface area (Å²) in [5.41, 5.74) is 0.212. The molecule has 0 aliphatic heterocycles. The second-order valence-corrected chi connectivity index (χ2v) is 5.82. The molecule has 0 aliphatic carbocycles. The van der Waals surface area contributed by atoms with Gasteiger partial charge >= 0.3 is 0 Å². The Morgan fingerprint density at radius 2 is 1.88 bits per heavy atom. The van der Waals surface area contributed by atoms with Gasteiger partial charge in [-0.3, -0.25) is 0 Å². The molecule has 1 aromatic rings. The Bertz CT molecular complexity index is 340. The van der Waals surface area contributed by atoms with Crippen LogP contribution < -0.4 is 0 Å². The van der Waals surface area contributed by atoms with Gasteiger partial charge in [-0.05, 0) is 29.6 Å². The van der Waals surface area contributed by atoms with Crippen molar-refractivity contribution >= 4 is 23.4 Å². The molecule has 96 valence electrons. The molecule has 0 bridgehead atoms. The molecule has 2 nitrogen and oxygen atoms in total. The zero-order chi connectivity index (χ0) is 12.7. The maximum atomic E-state index is 9.63. The van der Waals surface area contributed by atoms with Gasteiger partial charge in [0.2, 0.25) is 0 Å². The number of hydrogen-bond acceptors (Lipinski definition) is 3. The van der Waals surface area contributed by atoms with Crippen molar-refractivity contribution in [2.24, 2.45) is 0 Å². The summed E-state index contributed by atoms with van der Waals surface area (Å²) in [7, 11) is 0. The van der Waals surface area contributed by atoms with Crippen LogP contribution in [0.5, 0.6) is 0 Å². The quantitative estimate of drug-likeness (QED) is 0.751. The van der Waals surface area contributed by atoms with E-state index in [-0.39, 0.29) is 13.2 Å². The molecule has 0 heterocycles. The minimum atomic E-state index is -0.624. The summed E-state index contributed by atoms with van der Waals surface area (Å²) < 4.78 is 0. The lowest BCUT2D eigenvalue weighted by Crippen LogP contribution is -2.36. The number of halogens is 1. The number of aliphatic hydroxyl groups is 2. The summed E-state index contributed by atoms with van der Waals surface area (Å²) in [6.07, 6.45) is 0.724. The lowest BCUT2D eigenvalue weighted by molar-refractivity contribution is 0.114. The van der Waals surface area contributed by atoms with Gasteiger partial charge in [-0.2, -0.15) is 11.8 Å². The molecule has 0 aliphatic rings. The highest BCUT2D eigenvalue weighted by Crippen LogP contribution is 2.33. The fourth-order valence-electron chi connectivity index (χ4n) is 1.82. The van der Waals surface area contributed by atoms with Gasteiger partial charge in [0.25, 0.3) is 0 Å². The number of thioether (sulfide) groups is 1. The van der Waals surface area contributed by atoms with Crippen molar-refractivity contribution in [2.75, 3.05) is 24.7 Å². The van der Waals surface area contributed by atoms with Crippen molar-refractivity contribution in [1.82, 2.24) is 0 Å². The highest BCUT2D eigenvalue weighted by Gasteiger charge is 2.32. The zero-order valence-corrected chi connectivity index (χ0v) is 11.6. The molecule has 1 aromatic carbocycles. The van der Waals surface area contributed by atoms with Crippen LogP contribution in [-0.4, -0.2) is 34.9 Å². The normalized spacial score (nSPS) is 11.8. The van der Waals surface area contributed by atoms with Gasteiger partial charge in [0.1, 0.15) is 0 Å². The van der Waals surface area contributed by atoms with Gasteiger partial charge in [0, 0.05) is 10.4 Å². The largest absolute Gasteiger partial charge is 0.395 e. The van der Waals surface area contributed by atoms with Crippen LogP contribution in [0.25, 0.3) is 0 Å². The van der Waals surface area contributed by atoms with Crippen molar-refractivity contribution in [2.45, 2.75) is 18.8 Å². The summed E-state index contributed by atoms with van der Waals surface area (Å²) in [6, 6.07) is 7.41. The maximum Gasteiger partial charge on any atom is 0.0550 e. The minimum Gasteiger partial charge on any atom is -0.395 e. The fourth-order valence-corrected chi connectivity index (χ4v) is 2.98. The molecular formula is C13H19ClO2S. The molecule has 0 amide bonds. The molecule has 0 saturated carbocycles. The standard InChI is InChI=1S/C13H19ClO2S/c1-2-17-8-7-13(9-15,10-16)11-5-3-4-6-12(11)14/h3-6,15-16H,2,7-10H2,1H3. The molecule has 0 fully saturated rings. The summed E-state index contributed by atoms with van der Waals surface area (Å²) in [5, 5.41) is 19.9. The van der Waals surface area contributed by atoms with Gasteiger partial charge in [0.15, 0.2) is 0 Å². The highest BCUT2D eigenvalue weighted by atomic mass is 35.5. The first-order valence-corrected chi connectivity index (χ1v) is 7.28. The lowest BCUT2D eigenvalue weighted by Gasteiger charge is -2.31. The van der Waals surface area contributed by atoms with Crippen LogP contribution in [0.4, 0.5) is 0 Å². The third kappa shape index (κ3) is 3.62. The second-order valence-electron chi connectivity index (χ2n) is 4.02. The van der Waals surface area contributed by atoms with Crippen LogP contribution in [0.3, 0.4) is 0 Å². The van der Waals surface area contributed by atoms with Crippen LogP contribution in [-0.2, 0) is 5.41 Å². The number of rotatable bonds is 7. The molecule has 0 saturated heterocycles. The maximum absolute atomic E-state index is 9.63. The third-order valence-corrected chi connectivity index (χ3v) is 4.21. The van der Waals surface area contributed by atoms with Crippen LogP contribution in [0, 0.1) is 0 Å². The second kappa shape index (κ2) is 7.27. The van der Waals surface area contributed by atoms with Crippen LogP contribution in [0.2, 0.25) is 5.02 Å². The molecule has 0 atom stereocenters. The van der Waals surface area contributed by atoms with E-state index in [0.29, 0.717) is 5.02 Å². The van der Waals surface area contributed by atoms with Gasteiger partial charge in [-0.25, -0.2) is 0 Å². The molecule has 0 unspecified atom stereocenters. The molecular weight excluding hydrogens is 256 g/mol. The van der Waals surface area contributed by atoms with Crippen molar-refractivity contribution in [3.05, 3.63) is 34.9 Å². The Balaban J connectivity index is 2.94. The first kappa shape index (κ1) is 14.8. The Morgan fingerprint density at radius 1 is 1.24 bits per heavy atom. The van der Waals surface area contributed by atoms with Crippen molar-refractivity contribution in [3.8, 4) is 0 Å². The third-order valence-electron chi connectivity index (χ3n) is 2.98. The van der Waals surface area contributed by atoms with Gasteiger partial charge in [0.05, 0.1) is 13.2 Å². The van der Waals surface area contributed by atoms with E-state index in [0.717, 1.165) is 23.5 Å². The predicted octanol–water partition coefficient (Wildman–Crippen LogP) is 2.71. The van der Waals surface area contributed by atoms with Crippen molar-refractivity contribution in [3.63, 3.8) is 0 Å². The van der Waals surface area contributed by atoms with Gasteiger partial charge < -0.3 is 10.2 Å². The summed E-state index contributed by atoms with van der Waals surface area (Å²) in [4.78, 5) is 0. The Morgan fingerprint density at radius 3 is 2.41 bits per heavy atom. The lowest BCUT2D eigenvalue weighted by atomic mass is 9.79. The predicted molar refractivity (Wildman–Crippen MR) is 74.9 cm³/mol. The van der Waals surface area contributed by atoms with Gasteiger partial charge in [-0.15, -0.1) is 0 Å². The number of benzene rings is 1. The summed E-state index contributed by atoms with van der Waals surface area (Å²) in [6.45, 7) is 1.93. The van der Waals surface area contributed by atoms with E-state index >= 15 is 0 Å². The number of hydrogen-bond donors (Lipinski definition) is 2. The smallest absolute Gasteiger partial charge is 0.0550 e. The Kier molecular flexibility index (Phi) is 6.34. The van der Waals surface area contributed by atoms with Crippen LogP contribution >= 0.6 is 23.4 Å². The molecule has 17 heavy (non-hydrogen) atoms. The van der Waals surface area contributed by atoms with E-state index in [1.807, 2.05) is 18.2 Å². The first-order valence-electron chi connectivity index (χ1n) is 5.74. The molecule has 1 rings (SSSR count). The first-order chi connectivity index (χ1) is 8.20. The molecule has 2 N–H and O–H groups in total.